The predicted octanol–water partition coefficient (Wildman–Crippen LogP) is 3.74. The molecule has 0 aromatic heterocycles. The molecule has 1 heterocycles. The van der Waals surface area contributed by atoms with Crippen molar-refractivity contribution in [3.05, 3.63) is 95.1 Å². The first-order chi connectivity index (χ1) is 16.8. The van der Waals surface area contributed by atoms with E-state index in [1.807, 2.05) is 31.2 Å². The predicted molar refractivity (Wildman–Crippen MR) is 137 cm³/mol. The van der Waals surface area contributed by atoms with Crippen LogP contribution < -0.4 is 10.0 Å². The summed E-state index contributed by atoms with van der Waals surface area (Å²) in [6, 6.07) is 22.0. The van der Waals surface area contributed by atoms with Gasteiger partial charge in [0.15, 0.2) is 0 Å². The number of rotatable bonds is 8. The van der Waals surface area contributed by atoms with Gasteiger partial charge in [0, 0.05) is 37.4 Å². The third-order valence-corrected chi connectivity index (χ3v) is 7.52. The molecule has 0 spiro atoms. The third kappa shape index (κ3) is 6.69. The maximum atomic E-state index is 12.8. The van der Waals surface area contributed by atoms with Crippen LogP contribution in [0.5, 0.6) is 0 Å². The Kier molecular flexibility index (Phi) is 7.85. The number of hydrogen-bond donors (Lipinski definition) is 2. The van der Waals surface area contributed by atoms with E-state index in [1.54, 1.807) is 43.3 Å². The molecule has 0 bridgehead atoms. The maximum absolute atomic E-state index is 12.8. The van der Waals surface area contributed by atoms with Gasteiger partial charge >= 0.3 is 0 Å². The number of ether oxygens (including phenoxy) is 1. The summed E-state index contributed by atoms with van der Waals surface area (Å²) in [5.74, 6) is -0.224. The number of carbonyl (C=O) groups is 1. The van der Waals surface area contributed by atoms with E-state index in [0.29, 0.717) is 30.0 Å². The zero-order valence-electron chi connectivity index (χ0n) is 20.0. The molecule has 1 aliphatic rings. The Morgan fingerprint density at radius 3 is 2.51 bits per heavy atom. The molecular weight excluding hydrogens is 462 g/mol. The molecule has 1 amide bonds. The number of morpholine rings is 1. The minimum absolute atomic E-state index is 0.0833. The van der Waals surface area contributed by atoms with Crippen LogP contribution in [0, 0.1) is 13.8 Å². The van der Waals surface area contributed by atoms with E-state index in [1.165, 1.54) is 5.56 Å². The standard InChI is InChI=1S/C27H31N3O4S/c1-20-8-9-21(2)26(16-20)35(32,33)29-24-12-10-23(11-13-24)27(31)28-17-25-19-30(14-15-34-25)18-22-6-4-3-5-7-22/h3-13,16,25,29H,14-15,17-19H2,1-2H3,(H,28,31). The molecule has 3 aromatic carbocycles. The average molecular weight is 494 g/mol. The lowest BCUT2D eigenvalue weighted by atomic mass is 10.1. The summed E-state index contributed by atoms with van der Waals surface area (Å²) in [5.41, 5.74) is 3.65. The molecule has 1 fully saturated rings. The van der Waals surface area contributed by atoms with E-state index in [0.717, 1.165) is 25.2 Å². The Balaban J connectivity index is 1.30. The monoisotopic (exact) mass is 493 g/mol. The molecule has 0 radical (unpaired) electrons. The van der Waals surface area contributed by atoms with Crippen LogP contribution in [0.4, 0.5) is 5.69 Å². The zero-order chi connectivity index (χ0) is 24.8. The highest BCUT2D eigenvalue weighted by atomic mass is 32.2. The van der Waals surface area contributed by atoms with E-state index in [-0.39, 0.29) is 16.9 Å². The number of anilines is 1. The number of aryl methyl sites for hydroxylation is 2. The summed E-state index contributed by atoms with van der Waals surface area (Å²) in [5, 5.41) is 2.93. The second-order valence-corrected chi connectivity index (χ2v) is 10.5. The molecule has 3 aromatic rings. The van der Waals surface area contributed by atoms with Crippen LogP contribution in [0.15, 0.2) is 77.7 Å². The smallest absolute Gasteiger partial charge is 0.262 e. The SMILES string of the molecule is Cc1ccc(C)c(S(=O)(=O)Nc2ccc(C(=O)NCC3CN(Cc4ccccc4)CCO3)cc2)c1. The van der Waals surface area contributed by atoms with Gasteiger partial charge in [-0.05, 0) is 60.9 Å². The summed E-state index contributed by atoms with van der Waals surface area (Å²) in [6.07, 6.45) is -0.0833. The lowest BCUT2D eigenvalue weighted by molar-refractivity contribution is -0.0292. The fourth-order valence-corrected chi connectivity index (χ4v) is 5.48. The second kappa shape index (κ2) is 11.0. The summed E-state index contributed by atoms with van der Waals surface area (Å²) in [6.45, 7) is 7.11. The number of hydrogen-bond acceptors (Lipinski definition) is 5. The Bertz CT molecular complexity index is 1260. The van der Waals surface area contributed by atoms with Crippen LogP contribution in [0.2, 0.25) is 0 Å². The Morgan fingerprint density at radius 2 is 1.77 bits per heavy atom. The van der Waals surface area contributed by atoms with Crippen molar-refractivity contribution < 1.29 is 17.9 Å². The van der Waals surface area contributed by atoms with Crippen LogP contribution >= 0.6 is 0 Å². The van der Waals surface area contributed by atoms with Crippen molar-refractivity contribution in [2.45, 2.75) is 31.4 Å². The zero-order valence-corrected chi connectivity index (χ0v) is 20.8. The number of sulfonamides is 1. The normalized spacial score (nSPS) is 16.6. The second-order valence-electron chi connectivity index (χ2n) is 8.88. The summed E-state index contributed by atoms with van der Waals surface area (Å²) in [7, 11) is -3.72. The Hall–Kier alpha value is -3.20. The Labute approximate surface area is 207 Å². The van der Waals surface area contributed by atoms with Gasteiger partial charge in [0.1, 0.15) is 0 Å². The molecule has 4 rings (SSSR count). The van der Waals surface area contributed by atoms with Crippen LogP contribution in [0.25, 0.3) is 0 Å². The van der Waals surface area contributed by atoms with Crippen molar-refractivity contribution in [1.29, 1.82) is 0 Å². The number of nitrogens with zero attached hydrogens (tertiary/aromatic N) is 1. The lowest BCUT2D eigenvalue weighted by Crippen LogP contribution is -2.47. The lowest BCUT2D eigenvalue weighted by Gasteiger charge is -2.33. The van der Waals surface area contributed by atoms with Crippen LogP contribution in [-0.4, -0.2) is 51.6 Å². The van der Waals surface area contributed by atoms with E-state index in [9.17, 15) is 13.2 Å². The quantitative estimate of drug-likeness (QED) is 0.499. The summed E-state index contributed by atoms with van der Waals surface area (Å²) in [4.78, 5) is 15.2. The van der Waals surface area contributed by atoms with Crippen LogP contribution in [0.1, 0.15) is 27.0 Å². The first-order valence-electron chi connectivity index (χ1n) is 11.7. The van der Waals surface area contributed by atoms with Gasteiger partial charge in [-0.25, -0.2) is 8.42 Å². The largest absolute Gasteiger partial charge is 0.374 e. The molecular formula is C27H31N3O4S. The molecule has 35 heavy (non-hydrogen) atoms. The van der Waals surface area contributed by atoms with E-state index < -0.39 is 10.0 Å². The van der Waals surface area contributed by atoms with Crippen molar-refractivity contribution >= 4 is 21.6 Å². The van der Waals surface area contributed by atoms with Gasteiger partial charge in [-0.2, -0.15) is 0 Å². The first-order valence-corrected chi connectivity index (χ1v) is 13.1. The summed E-state index contributed by atoms with van der Waals surface area (Å²) >= 11 is 0. The fourth-order valence-electron chi connectivity index (χ4n) is 4.09. The highest BCUT2D eigenvalue weighted by Crippen LogP contribution is 2.21. The Morgan fingerprint density at radius 1 is 1.03 bits per heavy atom. The van der Waals surface area contributed by atoms with Gasteiger partial charge in [0.25, 0.3) is 15.9 Å². The van der Waals surface area contributed by atoms with Gasteiger partial charge < -0.3 is 10.1 Å². The van der Waals surface area contributed by atoms with E-state index in [2.05, 4.69) is 27.1 Å². The molecule has 2 N–H and O–H groups in total. The van der Waals surface area contributed by atoms with Crippen molar-refractivity contribution in [1.82, 2.24) is 10.2 Å². The third-order valence-electron chi connectivity index (χ3n) is 5.99. The number of benzene rings is 3. The van der Waals surface area contributed by atoms with Gasteiger partial charge in [0.2, 0.25) is 0 Å². The van der Waals surface area contributed by atoms with Crippen molar-refractivity contribution in [2.24, 2.45) is 0 Å². The first kappa shape index (κ1) is 24.9. The average Bonchev–Trinajstić information content (AvgIpc) is 2.85. The molecule has 1 saturated heterocycles. The topological polar surface area (TPSA) is 87.7 Å². The van der Waals surface area contributed by atoms with Gasteiger partial charge in [-0.1, -0.05) is 42.5 Å². The molecule has 7 nitrogen and oxygen atoms in total. The van der Waals surface area contributed by atoms with Crippen molar-refractivity contribution in [2.75, 3.05) is 31.0 Å². The summed E-state index contributed by atoms with van der Waals surface area (Å²) < 4.78 is 34.0. The maximum Gasteiger partial charge on any atom is 0.262 e. The molecule has 1 unspecified atom stereocenters. The minimum atomic E-state index is -3.72. The highest BCUT2D eigenvalue weighted by Gasteiger charge is 2.22. The fraction of sp³-hybridized carbons (Fsp3) is 0.296. The van der Waals surface area contributed by atoms with Crippen LogP contribution in [0.3, 0.4) is 0 Å². The highest BCUT2D eigenvalue weighted by molar-refractivity contribution is 7.92. The number of carbonyl (C=O) groups excluding carboxylic acids is 1. The molecule has 1 aliphatic heterocycles. The molecule has 184 valence electrons. The van der Waals surface area contributed by atoms with Crippen LogP contribution in [-0.2, 0) is 21.3 Å². The molecule has 0 saturated carbocycles. The van der Waals surface area contributed by atoms with Gasteiger partial charge in [-0.3, -0.25) is 14.4 Å². The van der Waals surface area contributed by atoms with E-state index in [4.69, 9.17) is 4.74 Å². The van der Waals surface area contributed by atoms with Gasteiger partial charge in [0.05, 0.1) is 17.6 Å². The molecule has 0 aliphatic carbocycles. The molecule has 8 heteroatoms. The van der Waals surface area contributed by atoms with Gasteiger partial charge in [-0.15, -0.1) is 0 Å². The van der Waals surface area contributed by atoms with Crippen molar-refractivity contribution in [3.63, 3.8) is 0 Å². The minimum Gasteiger partial charge on any atom is -0.374 e. The number of nitrogens with one attached hydrogen (secondary N) is 2. The van der Waals surface area contributed by atoms with E-state index >= 15 is 0 Å². The number of amides is 1. The van der Waals surface area contributed by atoms with Crippen molar-refractivity contribution in [3.8, 4) is 0 Å². The molecule has 1 atom stereocenters.